The monoisotopic (exact) mass is 246 g/mol. The van der Waals surface area contributed by atoms with E-state index in [-0.39, 0.29) is 0 Å². The summed E-state index contributed by atoms with van der Waals surface area (Å²) < 4.78 is 37.3. The van der Waals surface area contributed by atoms with Crippen LogP contribution in [0, 0.1) is 0 Å². The average molecular weight is 246 g/mol. The predicted molar refractivity (Wildman–Crippen MR) is 63.1 cm³/mol. The highest BCUT2D eigenvalue weighted by atomic mass is 19.4. The van der Waals surface area contributed by atoms with E-state index in [1.165, 1.54) is 4.90 Å². The Morgan fingerprint density at radius 2 is 1.88 bits per heavy atom. The molecule has 0 spiro atoms. The molecule has 17 heavy (non-hydrogen) atoms. The molecule has 0 fully saturated rings. The Hall–Kier alpha value is -1.23. The van der Waals surface area contributed by atoms with Gasteiger partial charge in [-0.25, -0.2) is 0 Å². The van der Waals surface area contributed by atoms with Crippen molar-refractivity contribution in [3.8, 4) is 0 Å². The average Bonchev–Trinajstić information content (AvgIpc) is 2.26. The molecule has 0 heterocycles. The Morgan fingerprint density at radius 1 is 1.24 bits per heavy atom. The molecule has 0 aliphatic carbocycles. The first kappa shape index (κ1) is 13.8. The molecule has 0 aromatic heterocycles. The zero-order chi connectivity index (χ0) is 12.9. The summed E-state index contributed by atoms with van der Waals surface area (Å²) in [7, 11) is 0. The van der Waals surface area contributed by atoms with Gasteiger partial charge in [0.05, 0.1) is 0 Å². The maximum absolute atomic E-state index is 12.4. The van der Waals surface area contributed by atoms with Gasteiger partial charge in [-0.15, -0.1) is 0 Å². The second-order valence-corrected chi connectivity index (χ2v) is 3.80. The normalized spacial score (nSPS) is 11.6. The molecule has 0 saturated heterocycles. The minimum atomic E-state index is -4.19. The van der Waals surface area contributed by atoms with Crippen LogP contribution >= 0.6 is 0 Å². The van der Waals surface area contributed by atoms with Crippen LogP contribution in [0.4, 0.5) is 18.9 Å². The van der Waals surface area contributed by atoms with Crippen molar-refractivity contribution in [3.05, 3.63) is 29.8 Å². The summed E-state index contributed by atoms with van der Waals surface area (Å²) in [6.45, 7) is 1.54. The molecular formula is C12H17F3N2. The molecule has 96 valence electrons. The van der Waals surface area contributed by atoms with Crippen LogP contribution < -0.4 is 10.6 Å². The van der Waals surface area contributed by atoms with Crippen molar-refractivity contribution in [2.45, 2.75) is 19.5 Å². The number of nitrogens with two attached hydrogens (primary N) is 1. The van der Waals surface area contributed by atoms with Crippen LogP contribution in [-0.2, 0) is 6.42 Å². The molecule has 1 aromatic carbocycles. The van der Waals surface area contributed by atoms with E-state index < -0.39 is 12.7 Å². The van der Waals surface area contributed by atoms with Gasteiger partial charge in [-0.3, -0.25) is 0 Å². The molecule has 1 aromatic rings. The molecule has 0 aliphatic heterocycles. The highest BCUT2D eigenvalue weighted by molar-refractivity contribution is 5.53. The van der Waals surface area contributed by atoms with E-state index in [1.54, 1.807) is 19.1 Å². The first-order valence-corrected chi connectivity index (χ1v) is 5.57. The second-order valence-electron chi connectivity index (χ2n) is 3.80. The van der Waals surface area contributed by atoms with Gasteiger partial charge in [0, 0.05) is 12.2 Å². The summed E-state index contributed by atoms with van der Waals surface area (Å²) in [6.07, 6.45) is -3.60. The zero-order valence-electron chi connectivity index (χ0n) is 9.80. The van der Waals surface area contributed by atoms with Gasteiger partial charge in [0.15, 0.2) is 0 Å². The summed E-state index contributed by atoms with van der Waals surface area (Å²) in [5.74, 6) is 0. The third kappa shape index (κ3) is 4.26. The summed E-state index contributed by atoms with van der Waals surface area (Å²) in [4.78, 5) is 1.32. The highest BCUT2D eigenvalue weighted by Crippen LogP contribution is 2.25. The Balaban J connectivity index is 2.94. The second kappa shape index (κ2) is 5.91. The summed E-state index contributed by atoms with van der Waals surface area (Å²) in [5.41, 5.74) is 6.94. The smallest absolute Gasteiger partial charge is 0.363 e. The van der Waals surface area contributed by atoms with Gasteiger partial charge in [-0.2, -0.15) is 13.2 Å². The van der Waals surface area contributed by atoms with Gasteiger partial charge in [0.25, 0.3) is 0 Å². The highest BCUT2D eigenvalue weighted by Gasteiger charge is 2.30. The lowest BCUT2D eigenvalue weighted by Crippen LogP contribution is -2.34. The van der Waals surface area contributed by atoms with Gasteiger partial charge < -0.3 is 10.6 Å². The van der Waals surface area contributed by atoms with Crippen LogP contribution in [0.15, 0.2) is 24.3 Å². The third-order valence-electron chi connectivity index (χ3n) is 2.50. The molecule has 0 aliphatic rings. The minimum absolute atomic E-state index is 0.321. The van der Waals surface area contributed by atoms with Crippen LogP contribution in [-0.4, -0.2) is 25.8 Å². The lowest BCUT2D eigenvalue weighted by molar-refractivity contribution is -0.119. The Bertz CT molecular complexity index is 350. The maximum Gasteiger partial charge on any atom is 0.405 e. The van der Waals surface area contributed by atoms with E-state index in [4.69, 9.17) is 5.73 Å². The Morgan fingerprint density at radius 3 is 2.41 bits per heavy atom. The number of alkyl halides is 3. The number of nitrogens with zero attached hydrogens (tertiary/aromatic N) is 1. The number of hydrogen-bond donors (Lipinski definition) is 1. The fourth-order valence-electron chi connectivity index (χ4n) is 1.77. The molecule has 0 amide bonds. The lowest BCUT2D eigenvalue weighted by atomic mass is 10.1. The lowest BCUT2D eigenvalue weighted by Gasteiger charge is -2.26. The van der Waals surface area contributed by atoms with Gasteiger partial charge >= 0.3 is 6.18 Å². The van der Waals surface area contributed by atoms with E-state index >= 15 is 0 Å². The van der Waals surface area contributed by atoms with E-state index in [0.717, 1.165) is 5.56 Å². The number of para-hydroxylation sites is 1. The molecule has 2 N–H and O–H groups in total. The maximum atomic E-state index is 12.4. The van der Waals surface area contributed by atoms with Gasteiger partial charge in [-0.1, -0.05) is 18.2 Å². The zero-order valence-corrected chi connectivity index (χ0v) is 9.80. The standard InChI is InChI=1S/C12H17F3N2/c1-2-17(9-12(13,14)15)11-6-4-3-5-10(11)7-8-16/h3-6H,2,7-9,16H2,1H3. The molecule has 0 unspecified atom stereocenters. The molecular weight excluding hydrogens is 229 g/mol. The quantitative estimate of drug-likeness (QED) is 0.865. The molecule has 1 rings (SSSR count). The summed E-state index contributed by atoms with van der Waals surface area (Å²) in [5, 5.41) is 0. The van der Waals surface area contributed by atoms with Crippen LogP contribution in [0.2, 0.25) is 0 Å². The third-order valence-corrected chi connectivity index (χ3v) is 2.50. The van der Waals surface area contributed by atoms with Crippen molar-refractivity contribution in [2.75, 3.05) is 24.5 Å². The van der Waals surface area contributed by atoms with Crippen molar-refractivity contribution in [1.29, 1.82) is 0 Å². The van der Waals surface area contributed by atoms with Gasteiger partial charge in [0.2, 0.25) is 0 Å². The minimum Gasteiger partial charge on any atom is -0.363 e. The molecule has 0 bridgehead atoms. The van der Waals surface area contributed by atoms with Crippen molar-refractivity contribution in [1.82, 2.24) is 0 Å². The first-order valence-electron chi connectivity index (χ1n) is 5.57. The van der Waals surface area contributed by atoms with Crippen molar-refractivity contribution in [3.63, 3.8) is 0 Å². The first-order chi connectivity index (χ1) is 7.98. The van der Waals surface area contributed by atoms with Gasteiger partial charge in [0.1, 0.15) is 6.54 Å². The molecule has 0 atom stereocenters. The molecule has 5 heteroatoms. The van der Waals surface area contributed by atoms with Crippen LogP contribution in [0.1, 0.15) is 12.5 Å². The number of rotatable bonds is 5. The number of anilines is 1. The number of hydrogen-bond acceptors (Lipinski definition) is 2. The van der Waals surface area contributed by atoms with Crippen LogP contribution in [0.3, 0.4) is 0 Å². The Kier molecular flexibility index (Phi) is 4.81. The largest absolute Gasteiger partial charge is 0.405 e. The van der Waals surface area contributed by atoms with Crippen LogP contribution in [0.25, 0.3) is 0 Å². The van der Waals surface area contributed by atoms with Gasteiger partial charge in [-0.05, 0) is 31.5 Å². The fourth-order valence-corrected chi connectivity index (χ4v) is 1.77. The number of halogens is 3. The molecule has 0 radical (unpaired) electrons. The SMILES string of the molecule is CCN(CC(F)(F)F)c1ccccc1CCN. The molecule has 2 nitrogen and oxygen atoms in total. The predicted octanol–water partition coefficient (Wildman–Crippen LogP) is 2.58. The van der Waals surface area contributed by atoms with E-state index in [2.05, 4.69) is 0 Å². The number of benzene rings is 1. The Labute approximate surface area is 99.2 Å². The van der Waals surface area contributed by atoms with Crippen LogP contribution in [0.5, 0.6) is 0 Å². The van der Waals surface area contributed by atoms with E-state index in [9.17, 15) is 13.2 Å². The molecule has 0 saturated carbocycles. The fraction of sp³-hybridized carbons (Fsp3) is 0.500. The van der Waals surface area contributed by atoms with Crippen molar-refractivity contribution >= 4 is 5.69 Å². The van der Waals surface area contributed by atoms with E-state index in [0.29, 0.717) is 25.2 Å². The summed E-state index contributed by atoms with van der Waals surface area (Å²) in [6, 6.07) is 7.09. The van der Waals surface area contributed by atoms with E-state index in [1.807, 2.05) is 12.1 Å². The topological polar surface area (TPSA) is 29.3 Å². The van der Waals surface area contributed by atoms with Crippen molar-refractivity contribution in [2.24, 2.45) is 5.73 Å². The van der Waals surface area contributed by atoms with Crippen molar-refractivity contribution < 1.29 is 13.2 Å². The summed E-state index contributed by atoms with van der Waals surface area (Å²) >= 11 is 0.